The molecule has 0 N–H and O–H groups in total. The molecule has 0 aliphatic heterocycles. The van der Waals surface area contributed by atoms with Gasteiger partial charge in [0, 0.05) is 16.1 Å². The molecule has 1 fully saturated rings. The zero-order valence-corrected chi connectivity index (χ0v) is 21.5. The quantitative estimate of drug-likeness (QED) is 0.397. The van der Waals surface area contributed by atoms with E-state index in [1.807, 2.05) is 0 Å². The van der Waals surface area contributed by atoms with Gasteiger partial charge in [-0.1, -0.05) is 63.9 Å². The molecule has 0 spiro atoms. The van der Waals surface area contributed by atoms with E-state index >= 15 is 0 Å². The smallest absolute Gasteiger partial charge is 1.00 e. The molecule has 0 nitrogen and oxygen atoms in total. The monoisotopic (exact) mass is 446 g/mol. The first-order valence-corrected chi connectivity index (χ1v) is 15.6. The van der Waals surface area contributed by atoms with Crippen LogP contribution in [0.1, 0.15) is 12.8 Å². The van der Waals surface area contributed by atoms with Crippen LogP contribution in [0.5, 0.6) is 0 Å². The van der Waals surface area contributed by atoms with Gasteiger partial charge in [-0.25, -0.2) is 11.3 Å². The van der Waals surface area contributed by atoms with E-state index in [4.69, 9.17) is 0 Å². The summed E-state index contributed by atoms with van der Waals surface area (Å²) in [4.78, 5) is 0. The Balaban J connectivity index is 0. The predicted molar refractivity (Wildman–Crippen MR) is 107 cm³/mol. The molecule has 0 heterocycles. The van der Waals surface area contributed by atoms with Crippen molar-refractivity contribution >= 4 is 26.5 Å². The molecule has 0 saturated heterocycles. The minimum absolute atomic E-state index is 0. The SMILES string of the molecule is C1=CC2[CH-]CCC2C=C1.C[Si](C)(C)c1cc[c-]([Si](C)(C)C)c1.[Cl-].[Cl-].[Ti+4]. The number of allylic oxidation sites excluding steroid dienone is 4. The van der Waals surface area contributed by atoms with Gasteiger partial charge in [0.2, 0.25) is 0 Å². The first kappa shape index (κ1) is 27.8. The van der Waals surface area contributed by atoms with Crippen molar-refractivity contribution in [3.05, 3.63) is 48.9 Å². The number of hydrogen-bond acceptors (Lipinski definition) is 0. The van der Waals surface area contributed by atoms with Crippen LogP contribution >= 0.6 is 0 Å². The number of hydrogen-bond donors (Lipinski definition) is 0. The molecule has 0 aromatic heterocycles. The third-order valence-electron chi connectivity index (χ3n) is 4.72. The summed E-state index contributed by atoms with van der Waals surface area (Å²) in [5.74, 6) is 1.62. The number of halogens is 2. The van der Waals surface area contributed by atoms with Crippen LogP contribution in [0.15, 0.2) is 42.5 Å². The first-order chi connectivity index (χ1) is 10.2. The third-order valence-corrected chi connectivity index (χ3v) is 8.81. The Morgan fingerprint density at radius 3 is 2.04 bits per heavy atom. The van der Waals surface area contributed by atoms with Gasteiger partial charge in [0.1, 0.15) is 0 Å². The molecule has 1 aromatic carbocycles. The van der Waals surface area contributed by atoms with Gasteiger partial charge in [-0.15, -0.1) is 12.0 Å². The summed E-state index contributed by atoms with van der Waals surface area (Å²) in [5, 5.41) is 3.23. The van der Waals surface area contributed by atoms with E-state index in [9.17, 15) is 0 Å². The van der Waals surface area contributed by atoms with Crippen LogP contribution < -0.4 is 35.2 Å². The maximum atomic E-state index is 2.46. The summed E-state index contributed by atoms with van der Waals surface area (Å²) in [5.41, 5.74) is 0. The van der Waals surface area contributed by atoms with Crippen molar-refractivity contribution in [3.8, 4) is 0 Å². The maximum Gasteiger partial charge on any atom is 4.00 e. The largest absolute Gasteiger partial charge is 4.00 e. The Morgan fingerprint density at radius 2 is 1.60 bits per heavy atom. The van der Waals surface area contributed by atoms with E-state index in [1.165, 1.54) is 12.8 Å². The Kier molecular flexibility index (Phi) is 12.7. The van der Waals surface area contributed by atoms with Crippen LogP contribution in [-0.2, 0) is 21.7 Å². The zero-order chi connectivity index (χ0) is 16.4. The van der Waals surface area contributed by atoms with E-state index < -0.39 is 16.1 Å². The van der Waals surface area contributed by atoms with Gasteiger partial charge >= 0.3 is 21.7 Å². The standard InChI is InChI=1S/C11H21Si2.C9H11.2ClH.Ti/c1-12(2,3)10-7-8-11(9-10)13(4,5)6;1-2-5-9-7-3-6-8(9)4-1;;;/h7-9H,1-6H3;1-2,4-6,8-9H,3,7H2;2*1H;/q2*-1;;;+4/p-2. The third kappa shape index (κ3) is 8.41. The molecule has 2 aliphatic carbocycles. The minimum Gasteiger partial charge on any atom is -1.00 e. The van der Waals surface area contributed by atoms with E-state index in [-0.39, 0.29) is 46.5 Å². The van der Waals surface area contributed by atoms with Crippen LogP contribution in [0.4, 0.5) is 0 Å². The van der Waals surface area contributed by atoms with Crippen LogP contribution in [-0.4, -0.2) is 16.1 Å². The minimum atomic E-state index is -1.07. The summed E-state index contributed by atoms with van der Waals surface area (Å²) in [6.45, 7) is 14.5. The molecule has 5 heteroatoms. The van der Waals surface area contributed by atoms with Gasteiger partial charge in [0.25, 0.3) is 0 Å². The first-order valence-electron chi connectivity index (χ1n) is 8.64. The van der Waals surface area contributed by atoms with E-state index in [1.54, 1.807) is 10.4 Å². The Bertz CT molecular complexity index is 504. The molecule has 3 rings (SSSR count). The Hall–Kier alpha value is 0.558. The number of rotatable bonds is 2. The second kappa shape index (κ2) is 11.4. The summed E-state index contributed by atoms with van der Waals surface area (Å²) in [6, 6.07) is 7.15. The summed E-state index contributed by atoms with van der Waals surface area (Å²) in [7, 11) is -2.14. The molecule has 2 unspecified atom stereocenters. The van der Waals surface area contributed by atoms with Crippen molar-refractivity contribution in [2.75, 3.05) is 0 Å². The molecule has 1 aromatic rings. The van der Waals surface area contributed by atoms with Crippen LogP contribution in [0.3, 0.4) is 0 Å². The van der Waals surface area contributed by atoms with Crippen LogP contribution in [0.2, 0.25) is 39.3 Å². The second-order valence-corrected chi connectivity index (χ2v) is 18.9. The molecule has 0 amide bonds. The molecule has 25 heavy (non-hydrogen) atoms. The molecule has 138 valence electrons. The molecule has 2 aliphatic rings. The predicted octanol–water partition coefficient (Wildman–Crippen LogP) is -1.16. The van der Waals surface area contributed by atoms with Crippen molar-refractivity contribution in [2.45, 2.75) is 52.1 Å². The fourth-order valence-electron chi connectivity index (χ4n) is 3.07. The zero-order valence-electron chi connectivity index (χ0n) is 16.4. The fraction of sp³-hybridized carbons (Fsp3) is 0.500. The van der Waals surface area contributed by atoms with E-state index in [0.29, 0.717) is 0 Å². The van der Waals surface area contributed by atoms with Crippen molar-refractivity contribution in [1.82, 2.24) is 0 Å². The summed E-state index contributed by atoms with van der Waals surface area (Å²) < 4.78 is 0. The Morgan fingerprint density at radius 1 is 1.00 bits per heavy atom. The average Bonchev–Trinajstić information content (AvgIpc) is 3.07. The molecule has 1 saturated carbocycles. The van der Waals surface area contributed by atoms with Crippen molar-refractivity contribution in [2.24, 2.45) is 11.8 Å². The Labute approximate surface area is 185 Å². The maximum absolute atomic E-state index is 2.46. The van der Waals surface area contributed by atoms with Gasteiger partial charge in [0.15, 0.2) is 0 Å². The van der Waals surface area contributed by atoms with Crippen molar-refractivity contribution in [3.63, 3.8) is 0 Å². The van der Waals surface area contributed by atoms with Crippen LogP contribution in [0.25, 0.3) is 0 Å². The van der Waals surface area contributed by atoms with Gasteiger partial charge in [0.05, 0.1) is 0 Å². The summed E-state index contributed by atoms with van der Waals surface area (Å²) >= 11 is 0. The number of fused-ring (bicyclic) bond motifs is 1. The van der Waals surface area contributed by atoms with Gasteiger partial charge in [-0.3, -0.25) is 0 Å². The molecule has 0 bridgehead atoms. The van der Waals surface area contributed by atoms with Gasteiger partial charge in [-0.2, -0.15) is 23.7 Å². The molecular formula is C20H32Cl2Si2Ti. The van der Waals surface area contributed by atoms with Crippen LogP contribution in [0, 0.1) is 18.3 Å². The van der Waals surface area contributed by atoms with Crippen molar-refractivity contribution < 1.29 is 46.5 Å². The average molecular weight is 447 g/mol. The molecule has 2 atom stereocenters. The topological polar surface area (TPSA) is 0 Å². The fourth-order valence-corrected chi connectivity index (χ4v) is 5.56. The van der Waals surface area contributed by atoms with E-state index in [2.05, 4.69) is 88.2 Å². The van der Waals surface area contributed by atoms with Gasteiger partial charge < -0.3 is 31.2 Å². The summed E-state index contributed by atoms with van der Waals surface area (Å²) in [6.07, 6.45) is 14.1. The van der Waals surface area contributed by atoms with E-state index in [0.717, 1.165) is 11.8 Å². The molecule has 0 radical (unpaired) electrons. The van der Waals surface area contributed by atoms with Gasteiger partial charge in [-0.05, 0) is 5.92 Å². The second-order valence-electron chi connectivity index (χ2n) is 8.71. The van der Waals surface area contributed by atoms with Crippen molar-refractivity contribution in [1.29, 1.82) is 0 Å². The molecular weight excluding hydrogens is 415 g/mol. The normalized spacial score (nSPS) is 21.0.